The molecule has 1 aromatic heterocycles. The standard InChI is InChI=1S/C26H33Cl2N7O5/c1-19(36)29-7-10-38-12-14-40-15-13-39-11-8-30-26(37)5-2-20-16-25(32-18-31-20)33-24-6-9-35(34-24)21-3-4-22(27)23(28)17-21/h2-5,16-18H,6-15H2,1H3,(H,29,36)(H,30,37)(H,31,32,33,34)/b5-2+. The first-order valence-electron chi connectivity index (χ1n) is 12.7. The molecule has 1 aliphatic heterocycles. The van der Waals surface area contributed by atoms with Gasteiger partial charge in [0.1, 0.15) is 12.2 Å². The van der Waals surface area contributed by atoms with Gasteiger partial charge in [0, 0.05) is 45.1 Å². The molecule has 2 amide bonds. The van der Waals surface area contributed by atoms with E-state index in [1.165, 1.54) is 19.3 Å². The summed E-state index contributed by atoms with van der Waals surface area (Å²) in [4.78, 5) is 35.7. The van der Waals surface area contributed by atoms with Crippen molar-refractivity contribution < 1.29 is 23.8 Å². The number of aliphatic imine (C=N–C) groups is 1. The van der Waals surface area contributed by atoms with Crippen molar-refractivity contribution in [1.82, 2.24) is 26.0 Å². The van der Waals surface area contributed by atoms with Crippen molar-refractivity contribution in [2.75, 3.05) is 64.3 Å². The van der Waals surface area contributed by atoms with E-state index in [0.717, 1.165) is 11.5 Å². The maximum absolute atomic E-state index is 12.1. The van der Waals surface area contributed by atoms with Crippen LogP contribution in [0.1, 0.15) is 19.0 Å². The first kappa shape index (κ1) is 31.2. The summed E-state index contributed by atoms with van der Waals surface area (Å²) in [6.45, 7) is 5.53. The van der Waals surface area contributed by atoms with Crippen molar-refractivity contribution >= 4 is 58.4 Å². The molecule has 2 aromatic rings. The molecule has 12 nitrogen and oxygen atoms in total. The first-order valence-corrected chi connectivity index (χ1v) is 13.5. The van der Waals surface area contributed by atoms with E-state index in [2.05, 4.69) is 31.0 Å². The van der Waals surface area contributed by atoms with Crippen LogP contribution in [0.5, 0.6) is 0 Å². The predicted molar refractivity (Wildman–Crippen MR) is 154 cm³/mol. The zero-order valence-corrected chi connectivity index (χ0v) is 23.7. The van der Waals surface area contributed by atoms with Gasteiger partial charge in [0.2, 0.25) is 11.8 Å². The summed E-state index contributed by atoms with van der Waals surface area (Å²) < 4.78 is 16.1. The number of benzene rings is 1. The molecule has 2 heterocycles. The average Bonchev–Trinajstić information content (AvgIpc) is 3.40. The Morgan fingerprint density at radius 2 is 1.70 bits per heavy atom. The summed E-state index contributed by atoms with van der Waals surface area (Å²) in [6.07, 6.45) is 5.09. The lowest BCUT2D eigenvalue weighted by Crippen LogP contribution is -2.33. The largest absolute Gasteiger partial charge is 0.377 e. The Balaban J connectivity index is 1.29. The molecule has 1 saturated heterocycles. The van der Waals surface area contributed by atoms with Crippen molar-refractivity contribution in [2.24, 2.45) is 4.99 Å². The van der Waals surface area contributed by atoms with E-state index >= 15 is 0 Å². The smallest absolute Gasteiger partial charge is 0.244 e. The fourth-order valence-electron chi connectivity index (χ4n) is 3.37. The fraction of sp³-hybridized carbons (Fsp3) is 0.423. The topological polar surface area (TPSA) is 139 Å². The molecule has 14 heteroatoms. The molecule has 0 unspecified atom stereocenters. The third-order valence-electron chi connectivity index (χ3n) is 5.29. The van der Waals surface area contributed by atoms with Crippen molar-refractivity contribution in [2.45, 2.75) is 13.3 Å². The van der Waals surface area contributed by atoms with Crippen LogP contribution in [-0.4, -0.2) is 86.9 Å². The Bertz CT molecular complexity index is 1180. The van der Waals surface area contributed by atoms with Crippen LogP contribution < -0.4 is 21.1 Å². The van der Waals surface area contributed by atoms with Crippen molar-refractivity contribution in [3.05, 3.63) is 52.4 Å². The van der Waals surface area contributed by atoms with E-state index in [0.29, 0.717) is 87.3 Å². The molecule has 0 aliphatic carbocycles. The lowest BCUT2D eigenvalue weighted by atomic mass is 10.3. The van der Waals surface area contributed by atoms with Crippen LogP contribution >= 0.6 is 23.2 Å². The molecule has 3 rings (SSSR count). The summed E-state index contributed by atoms with van der Waals surface area (Å²) in [6, 6.07) is 7.11. The normalized spacial score (nSPS) is 14.1. The number of rotatable bonds is 16. The second-order valence-corrected chi connectivity index (χ2v) is 9.23. The highest BCUT2D eigenvalue weighted by Crippen LogP contribution is 2.27. The third-order valence-corrected chi connectivity index (χ3v) is 6.03. The van der Waals surface area contributed by atoms with E-state index in [1.54, 1.807) is 24.3 Å². The number of ether oxygens (including phenoxy) is 3. The second-order valence-electron chi connectivity index (χ2n) is 8.42. The van der Waals surface area contributed by atoms with Gasteiger partial charge >= 0.3 is 0 Å². The van der Waals surface area contributed by atoms with E-state index in [9.17, 15) is 9.59 Å². The minimum absolute atomic E-state index is 0.0807. The molecule has 0 saturated carbocycles. The molecular weight excluding hydrogens is 561 g/mol. The molecule has 1 fully saturated rings. The Kier molecular flexibility index (Phi) is 13.6. The Morgan fingerprint density at radius 3 is 2.40 bits per heavy atom. The van der Waals surface area contributed by atoms with Crippen molar-refractivity contribution in [3.8, 4) is 0 Å². The quantitative estimate of drug-likeness (QED) is 0.198. The van der Waals surface area contributed by atoms with E-state index < -0.39 is 0 Å². The lowest BCUT2D eigenvalue weighted by molar-refractivity contribution is -0.119. The Morgan fingerprint density at radius 1 is 1.00 bits per heavy atom. The van der Waals surface area contributed by atoms with Gasteiger partial charge in [0.15, 0.2) is 5.82 Å². The monoisotopic (exact) mass is 593 g/mol. The van der Waals surface area contributed by atoms with Gasteiger partial charge in [-0.15, -0.1) is 0 Å². The molecule has 3 N–H and O–H groups in total. The molecule has 216 valence electrons. The van der Waals surface area contributed by atoms with Gasteiger partial charge in [0.05, 0.1) is 61.1 Å². The van der Waals surface area contributed by atoms with E-state index in [1.807, 2.05) is 11.1 Å². The Hall–Kier alpha value is -3.29. The van der Waals surface area contributed by atoms with Crippen LogP contribution in [0, 0.1) is 0 Å². The summed E-state index contributed by atoms with van der Waals surface area (Å²) in [5.74, 6) is 0.871. The van der Waals surface area contributed by atoms with Crippen LogP contribution in [-0.2, 0) is 23.8 Å². The number of amidine groups is 1. The zero-order valence-electron chi connectivity index (χ0n) is 22.2. The minimum Gasteiger partial charge on any atom is -0.377 e. The number of carbonyl (C=O) groups excluding carboxylic acids is 2. The molecule has 1 aromatic carbocycles. The number of nitrogens with one attached hydrogen (secondary N) is 3. The van der Waals surface area contributed by atoms with Crippen LogP contribution in [0.2, 0.25) is 10.0 Å². The fourth-order valence-corrected chi connectivity index (χ4v) is 3.66. The second kappa shape index (κ2) is 17.4. The lowest BCUT2D eigenvalue weighted by Gasteiger charge is -2.18. The average molecular weight is 595 g/mol. The van der Waals surface area contributed by atoms with Crippen molar-refractivity contribution in [3.63, 3.8) is 0 Å². The van der Waals surface area contributed by atoms with Gasteiger partial charge in [-0.3, -0.25) is 20.0 Å². The van der Waals surface area contributed by atoms with Gasteiger partial charge in [-0.05, 0) is 24.3 Å². The van der Waals surface area contributed by atoms with Crippen LogP contribution in [0.3, 0.4) is 0 Å². The van der Waals surface area contributed by atoms with Gasteiger partial charge in [-0.2, -0.15) is 0 Å². The van der Waals surface area contributed by atoms with E-state index in [4.69, 9.17) is 37.4 Å². The number of hydrazine groups is 1. The SMILES string of the molecule is CC(=O)NCCOCCOCCOCCNC(=O)/C=C/c1cc(N=C2CCN(c3ccc(Cl)c(Cl)c3)N2)ncn1. The summed E-state index contributed by atoms with van der Waals surface area (Å²) >= 11 is 12.1. The van der Waals surface area contributed by atoms with Crippen molar-refractivity contribution in [1.29, 1.82) is 0 Å². The number of hydrogen-bond donors (Lipinski definition) is 3. The highest BCUT2D eigenvalue weighted by atomic mass is 35.5. The molecule has 0 spiro atoms. The molecule has 1 aliphatic rings. The first-order chi connectivity index (χ1) is 19.4. The summed E-state index contributed by atoms with van der Waals surface area (Å²) in [7, 11) is 0. The maximum Gasteiger partial charge on any atom is 0.244 e. The minimum atomic E-state index is -0.266. The molecule has 0 radical (unpaired) electrons. The summed E-state index contributed by atoms with van der Waals surface area (Å²) in [5.41, 5.74) is 4.67. The van der Waals surface area contributed by atoms with E-state index in [-0.39, 0.29) is 11.8 Å². The van der Waals surface area contributed by atoms with Crippen LogP contribution in [0.15, 0.2) is 41.7 Å². The highest BCUT2D eigenvalue weighted by molar-refractivity contribution is 6.42. The number of nitrogens with zero attached hydrogens (tertiary/aromatic N) is 4. The molecular formula is C26H33Cl2N7O5. The zero-order chi connectivity index (χ0) is 28.6. The van der Waals surface area contributed by atoms with Gasteiger partial charge in [0.25, 0.3) is 0 Å². The number of hydrogen-bond acceptors (Lipinski definition) is 9. The van der Waals surface area contributed by atoms with Crippen LogP contribution in [0.25, 0.3) is 6.08 Å². The maximum atomic E-state index is 12.1. The predicted octanol–water partition coefficient (Wildman–Crippen LogP) is 2.54. The van der Waals surface area contributed by atoms with Gasteiger partial charge in [-0.1, -0.05) is 23.2 Å². The number of amides is 2. The van der Waals surface area contributed by atoms with Crippen LogP contribution in [0.4, 0.5) is 11.5 Å². The Labute approximate surface area is 243 Å². The molecule has 0 bridgehead atoms. The number of anilines is 1. The molecule has 40 heavy (non-hydrogen) atoms. The number of halogens is 2. The van der Waals surface area contributed by atoms with Gasteiger partial charge < -0.3 is 24.8 Å². The third kappa shape index (κ3) is 11.8. The number of aromatic nitrogens is 2. The molecule has 0 atom stereocenters. The summed E-state index contributed by atoms with van der Waals surface area (Å²) in [5, 5.41) is 8.30. The number of carbonyl (C=O) groups is 2. The van der Waals surface area contributed by atoms with Gasteiger partial charge in [-0.25, -0.2) is 15.0 Å². The highest BCUT2D eigenvalue weighted by Gasteiger charge is 2.18.